The first kappa shape index (κ1) is 15.1. The summed E-state index contributed by atoms with van der Waals surface area (Å²) in [5, 5.41) is 2.93. The number of methoxy groups -OCH3 is 1. The number of benzene rings is 1. The lowest BCUT2D eigenvalue weighted by Gasteiger charge is -2.35. The molecule has 2 aliphatic rings. The molecule has 5 nitrogen and oxygen atoms in total. The SMILES string of the molecule is COC(=O)C1=C(C)N(C2CC2)C(=O)N[C@H]1c1cccc(Br)c1. The van der Waals surface area contributed by atoms with Gasteiger partial charge in [-0.3, -0.25) is 4.90 Å². The number of amides is 2. The van der Waals surface area contributed by atoms with Crippen molar-refractivity contribution in [3.05, 3.63) is 45.6 Å². The Morgan fingerprint density at radius 2 is 2.14 bits per heavy atom. The van der Waals surface area contributed by atoms with Crippen LogP contribution < -0.4 is 5.32 Å². The molecule has 0 unspecified atom stereocenters. The van der Waals surface area contributed by atoms with E-state index in [0.717, 1.165) is 22.9 Å². The lowest BCUT2D eigenvalue weighted by Crippen LogP contribution is -2.48. The van der Waals surface area contributed by atoms with Gasteiger partial charge >= 0.3 is 12.0 Å². The topological polar surface area (TPSA) is 58.6 Å². The number of rotatable bonds is 3. The molecular weight excluding hydrogens is 348 g/mol. The van der Waals surface area contributed by atoms with Gasteiger partial charge < -0.3 is 10.1 Å². The average molecular weight is 365 g/mol. The number of urea groups is 1. The normalized spacial score (nSPS) is 21.7. The monoisotopic (exact) mass is 364 g/mol. The van der Waals surface area contributed by atoms with E-state index in [4.69, 9.17) is 4.74 Å². The van der Waals surface area contributed by atoms with Gasteiger partial charge in [0.25, 0.3) is 0 Å². The highest BCUT2D eigenvalue weighted by Crippen LogP contribution is 2.38. The van der Waals surface area contributed by atoms with Crippen LogP contribution in [0.5, 0.6) is 0 Å². The van der Waals surface area contributed by atoms with E-state index in [9.17, 15) is 9.59 Å². The number of halogens is 1. The third kappa shape index (κ3) is 2.63. The highest BCUT2D eigenvalue weighted by atomic mass is 79.9. The second kappa shape index (κ2) is 5.76. The van der Waals surface area contributed by atoms with Crippen LogP contribution in [0.3, 0.4) is 0 Å². The summed E-state index contributed by atoms with van der Waals surface area (Å²) in [6.45, 7) is 1.81. The van der Waals surface area contributed by atoms with Crippen molar-refractivity contribution in [1.82, 2.24) is 10.2 Å². The summed E-state index contributed by atoms with van der Waals surface area (Å²) in [5.74, 6) is -0.409. The Bertz CT molecular complexity index is 667. The van der Waals surface area contributed by atoms with Crippen molar-refractivity contribution in [2.45, 2.75) is 31.8 Å². The average Bonchev–Trinajstić information content (AvgIpc) is 3.30. The van der Waals surface area contributed by atoms with Crippen LogP contribution in [0.15, 0.2) is 40.0 Å². The largest absolute Gasteiger partial charge is 0.466 e. The van der Waals surface area contributed by atoms with Gasteiger partial charge in [-0.25, -0.2) is 9.59 Å². The maximum absolute atomic E-state index is 12.4. The molecule has 1 atom stereocenters. The molecule has 1 aliphatic heterocycles. The van der Waals surface area contributed by atoms with Crippen molar-refractivity contribution in [1.29, 1.82) is 0 Å². The molecule has 1 heterocycles. The third-order valence-electron chi connectivity index (χ3n) is 4.03. The maximum Gasteiger partial charge on any atom is 0.337 e. The molecule has 1 saturated carbocycles. The molecule has 3 rings (SSSR count). The van der Waals surface area contributed by atoms with Crippen LogP contribution in [0.25, 0.3) is 0 Å². The van der Waals surface area contributed by atoms with Crippen LogP contribution in [0.2, 0.25) is 0 Å². The van der Waals surface area contributed by atoms with Gasteiger partial charge in [-0.1, -0.05) is 28.1 Å². The van der Waals surface area contributed by atoms with Crippen LogP contribution in [0.1, 0.15) is 31.4 Å². The molecule has 0 radical (unpaired) electrons. The summed E-state index contributed by atoms with van der Waals surface area (Å²) >= 11 is 3.42. The van der Waals surface area contributed by atoms with E-state index in [1.165, 1.54) is 7.11 Å². The fourth-order valence-electron chi connectivity index (χ4n) is 2.84. The number of allylic oxidation sites excluding steroid dienone is 1. The molecule has 6 heteroatoms. The molecule has 2 amide bonds. The minimum absolute atomic E-state index is 0.155. The summed E-state index contributed by atoms with van der Waals surface area (Å²) < 4.78 is 5.83. The Morgan fingerprint density at radius 1 is 1.41 bits per heavy atom. The second-order valence-corrected chi connectivity index (χ2v) is 6.45. The Kier molecular flexibility index (Phi) is 3.95. The van der Waals surface area contributed by atoms with Crippen molar-refractivity contribution in [3.63, 3.8) is 0 Å². The van der Waals surface area contributed by atoms with Crippen molar-refractivity contribution < 1.29 is 14.3 Å². The Morgan fingerprint density at radius 3 is 2.73 bits per heavy atom. The molecule has 1 aromatic rings. The quantitative estimate of drug-likeness (QED) is 0.838. The molecule has 22 heavy (non-hydrogen) atoms. The van der Waals surface area contributed by atoms with Gasteiger partial charge in [-0.05, 0) is 37.5 Å². The fraction of sp³-hybridized carbons (Fsp3) is 0.375. The lowest BCUT2D eigenvalue weighted by atomic mass is 9.95. The van der Waals surface area contributed by atoms with E-state index in [-0.39, 0.29) is 12.1 Å². The zero-order chi connectivity index (χ0) is 15.9. The molecular formula is C16H17BrN2O3. The summed E-state index contributed by atoms with van der Waals surface area (Å²) in [6, 6.07) is 7.11. The van der Waals surface area contributed by atoms with Crippen molar-refractivity contribution >= 4 is 27.9 Å². The molecule has 1 N–H and O–H groups in total. The summed E-state index contributed by atoms with van der Waals surface area (Å²) in [6.07, 6.45) is 1.95. The summed E-state index contributed by atoms with van der Waals surface area (Å²) in [7, 11) is 1.36. The third-order valence-corrected chi connectivity index (χ3v) is 4.52. The van der Waals surface area contributed by atoms with E-state index < -0.39 is 12.0 Å². The predicted molar refractivity (Wildman–Crippen MR) is 85.0 cm³/mol. The van der Waals surface area contributed by atoms with Gasteiger partial charge in [0, 0.05) is 16.2 Å². The number of hydrogen-bond donors (Lipinski definition) is 1. The van der Waals surface area contributed by atoms with Gasteiger partial charge in [0.15, 0.2) is 0 Å². The number of esters is 1. The highest BCUT2D eigenvalue weighted by Gasteiger charge is 2.42. The van der Waals surface area contributed by atoms with Crippen LogP contribution in [0, 0.1) is 0 Å². The zero-order valence-corrected chi connectivity index (χ0v) is 14.0. The Labute approximate surface area is 137 Å². The highest BCUT2D eigenvalue weighted by molar-refractivity contribution is 9.10. The number of nitrogens with zero attached hydrogens (tertiary/aromatic N) is 1. The molecule has 0 bridgehead atoms. The lowest BCUT2D eigenvalue weighted by molar-refractivity contribution is -0.136. The van der Waals surface area contributed by atoms with Gasteiger partial charge in [0.1, 0.15) is 0 Å². The zero-order valence-electron chi connectivity index (χ0n) is 12.4. The van der Waals surface area contributed by atoms with Crippen LogP contribution >= 0.6 is 15.9 Å². The van der Waals surface area contributed by atoms with E-state index >= 15 is 0 Å². The summed E-state index contributed by atoms with van der Waals surface area (Å²) in [5.41, 5.74) is 2.02. The first-order valence-corrected chi connectivity index (χ1v) is 7.96. The maximum atomic E-state index is 12.4. The number of carbonyl (C=O) groups excluding carboxylic acids is 2. The van der Waals surface area contributed by atoms with E-state index in [2.05, 4.69) is 21.2 Å². The minimum Gasteiger partial charge on any atom is -0.466 e. The van der Waals surface area contributed by atoms with Gasteiger partial charge in [0.05, 0.1) is 18.7 Å². The number of hydrogen-bond acceptors (Lipinski definition) is 3. The van der Waals surface area contributed by atoms with Crippen molar-refractivity contribution in [3.8, 4) is 0 Å². The minimum atomic E-state index is -0.493. The first-order valence-electron chi connectivity index (χ1n) is 7.17. The number of nitrogens with one attached hydrogen (secondary N) is 1. The van der Waals surface area contributed by atoms with Crippen LogP contribution in [0.4, 0.5) is 4.79 Å². The number of ether oxygens (including phenoxy) is 1. The molecule has 1 fully saturated rings. The van der Waals surface area contributed by atoms with Gasteiger partial charge in [-0.2, -0.15) is 0 Å². The molecule has 0 saturated heterocycles. The van der Waals surface area contributed by atoms with Crippen LogP contribution in [-0.4, -0.2) is 30.1 Å². The fourth-order valence-corrected chi connectivity index (χ4v) is 3.26. The van der Waals surface area contributed by atoms with E-state index in [1.54, 1.807) is 4.90 Å². The van der Waals surface area contributed by atoms with Crippen LogP contribution in [-0.2, 0) is 9.53 Å². The molecule has 116 valence electrons. The molecule has 1 aliphatic carbocycles. The Balaban J connectivity index is 2.08. The van der Waals surface area contributed by atoms with Crippen molar-refractivity contribution in [2.75, 3.05) is 7.11 Å². The predicted octanol–water partition coefficient (Wildman–Crippen LogP) is 3.12. The second-order valence-electron chi connectivity index (χ2n) is 5.53. The summed E-state index contributed by atoms with van der Waals surface area (Å²) in [4.78, 5) is 26.4. The number of carbonyl (C=O) groups is 2. The molecule has 1 aromatic carbocycles. The Hall–Kier alpha value is -1.82. The van der Waals surface area contributed by atoms with Gasteiger partial charge in [-0.15, -0.1) is 0 Å². The van der Waals surface area contributed by atoms with E-state index in [0.29, 0.717) is 11.3 Å². The smallest absolute Gasteiger partial charge is 0.337 e. The standard InChI is InChI=1S/C16H17BrN2O3/c1-9-13(15(20)22-2)14(10-4-3-5-11(17)8-10)18-16(21)19(9)12-6-7-12/h3-5,8,12,14H,6-7H2,1-2H3,(H,18,21)/t14-/m0/s1. The van der Waals surface area contributed by atoms with E-state index in [1.807, 2.05) is 31.2 Å². The molecule has 0 aromatic heterocycles. The first-order chi connectivity index (χ1) is 10.5. The molecule has 0 spiro atoms. The van der Waals surface area contributed by atoms with Gasteiger partial charge in [0.2, 0.25) is 0 Å². The van der Waals surface area contributed by atoms with Crippen molar-refractivity contribution in [2.24, 2.45) is 0 Å².